The van der Waals surface area contributed by atoms with Gasteiger partial charge in [-0.15, -0.1) is 12.4 Å². The molecule has 4 nitrogen and oxygen atoms in total. The largest absolute Gasteiger partial charge is 0.493 e. The van der Waals surface area contributed by atoms with Gasteiger partial charge in [0.15, 0.2) is 11.5 Å². The maximum atomic E-state index is 6.05. The molecule has 0 aliphatic rings. The number of nitrogens with one attached hydrogen (secondary N) is 1. The molecule has 148 valence electrons. The van der Waals surface area contributed by atoms with E-state index in [2.05, 4.69) is 10.3 Å². The summed E-state index contributed by atoms with van der Waals surface area (Å²) in [7, 11) is 1.63. The SMILES string of the molecule is COc1cc(CNCc2ccncc2)ccc1OCc1ccc(Cl)c(Cl)c1.Cl. The highest BCUT2D eigenvalue weighted by Gasteiger charge is 2.07. The fraction of sp³-hybridized carbons (Fsp3) is 0.190. The zero-order valence-corrected chi connectivity index (χ0v) is 17.7. The van der Waals surface area contributed by atoms with Crippen molar-refractivity contribution in [2.24, 2.45) is 0 Å². The third kappa shape index (κ3) is 6.28. The predicted octanol–water partition coefficient (Wildman–Crippen LogP) is 5.69. The van der Waals surface area contributed by atoms with E-state index < -0.39 is 0 Å². The normalized spacial score (nSPS) is 10.2. The molecule has 0 fully saturated rings. The standard InChI is InChI=1S/C21H20Cl2N2O2.ClH/c1-26-21-11-16(13-25-12-15-6-8-24-9-7-15)3-5-20(21)27-14-17-2-4-18(22)19(23)10-17;/h2-11,25H,12-14H2,1H3;1H. The van der Waals surface area contributed by atoms with Crippen molar-refractivity contribution in [3.05, 3.63) is 87.7 Å². The first-order valence-corrected chi connectivity index (χ1v) is 9.24. The van der Waals surface area contributed by atoms with Gasteiger partial charge in [-0.3, -0.25) is 4.98 Å². The minimum Gasteiger partial charge on any atom is -0.493 e. The molecule has 3 rings (SSSR count). The lowest BCUT2D eigenvalue weighted by atomic mass is 10.2. The number of benzene rings is 2. The van der Waals surface area contributed by atoms with Crippen molar-refractivity contribution in [2.45, 2.75) is 19.7 Å². The minimum absolute atomic E-state index is 0. The summed E-state index contributed by atoms with van der Waals surface area (Å²) in [6, 6.07) is 15.3. The maximum Gasteiger partial charge on any atom is 0.161 e. The summed E-state index contributed by atoms with van der Waals surface area (Å²) in [5, 5.41) is 4.45. The Morgan fingerprint density at radius 1 is 0.821 bits per heavy atom. The average molecular weight is 440 g/mol. The molecule has 0 aliphatic heterocycles. The van der Waals surface area contributed by atoms with Crippen LogP contribution in [0.3, 0.4) is 0 Å². The van der Waals surface area contributed by atoms with Crippen LogP contribution in [0.4, 0.5) is 0 Å². The van der Waals surface area contributed by atoms with E-state index in [1.54, 1.807) is 31.6 Å². The summed E-state index contributed by atoms with van der Waals surface area (Å²) >= 11 is 12.0. The van der Waals surface area contributed by atoms with Crippen molar-refractivity contribution in [2.75, 3.05) is 7.11 Å². The van der Waals surface area contributed by atoms with Crippen molar-refractivity contribution in [3.63, 3.8) is 0 Å². The second-order valence-corrected chi connectivity index (χ2v) is 6.80. The fourth-order valence-electron chi connectivity index (χ4n) is 2.58. The maximum absolute atomic E-state index is 6.05. The fourth-order valence-corrected chi connectivity index (χ4v) is 2.90. The van der Waals surface area contributed by atoms with Crippen LogP contribution in [0.1, 0.15) is 16.7 Å². The Bertz CT molecular complexity index is 892. The van der Waals surface area contributed by atoms with Crippen molar-refractivity contribution < 1.29 is 9.47 Å². The van der Waals surface area contributed by atoms with Gasteiger partial charge in [0.2, 0.25) is 0 Å². The van der Waals surface area contributed by atoms with E-state index in [1.807, 2.05) is 36.4 Å². The van der Waals surface area contributed by atoms with Crippen LogP contribution in [0.5, 0.6) is 11.5 Å². The molecule has 1 heterocycles. The molecule has 0 spiro atoms. The van der Waals surface area contributed by atoms with Crippen LogP contribution in [0, 0.1) is 0 Å². The molecule has 0 radical (unpaired) electrons. The Kier molecular flexibility index (Phi) is 8.87. The van der Waals surface area contributed by atoms with Crippen LogP contribution in [-0.4, -0.2) is 12.1 Å². The topological polar surface area (TPSA) is 43.4 Å². The Morgan fingerprint density at radius 2 is 1.54 bits per heavy atom. The number of nitrogens with zero attached hydrogens (tertiary/aromatic N) is 1. The van der Waals surface area contributed by atoms with Gasteiger partial charge in [-0.25, -0.2) is 0 Å². The quantitative estimate of drug-likeness (QED) is 0.490. The number of methoxy groups -OCH3 is 1. The summed E-state index contributed by atoms with van der Waals surface area (Å²) in [5.41, 5.74) is 3.25. The van der Waals surface area contributed by atoms with Gasteiger partial charge in [-0.1, -0.05) is 35.3 Å². The van der Waals surface area contributed by atoms with Crippen LogP contribution in [0.15, 0.2) is 60.9 Å². The first-order chi connectivity index (χ1) is 13.2. The van der Waals surface area contributed by atoms with Gasteiger partial charge in [0.05, 0.1) is 17.2 Å². The summed E-state index contributed by atoms with van der Waals surface area (Å²) in [4.78, 5) is 4.02. The molecule has 1 N–H and O–H groups in total. The van der Waals surface area contributed by atoms with E-state index in [4.69, 9.17) is 32.7 Å². The summed E-state index contributed by atoms with van der Waals surface area (Å²) in [6.45, 7) is 1.89. The van der Waals surface area contributed by atoms with Gasteiger partial charge in [-0.2, -0.15) is 0 Å². The third-order valence-corrected chi connectivity index (χ3v) is 4.75. The minimum atomic E-state index is 0. The third-order valence-electron chi connectivity index (χ3n) is 4.01. The second-order valence-electron chi connectivity index (χ2n) is 5.98. The lowest BCUT2D eigenvalue weighted by Gasteiger charge is -2.13. The molecule has 0 atom stereocenters. The molecule has 0 saturated carbocycles. The smallest absolute Gasteiger partial charge is 0.161 e. The zero-order valence-electron chi connectivity index (χ0n) is 15.3. The van der Waals surface area contributed by atoms with Crippen LogP contribution in [0.2, 0.25) is 10.0 Å². The monoisotopic (exact) mass is 438 g/mol. The van der Waals surface area contributed by atoms with Gasteiger partial charge < -0.3 is 14.8 Å². The Labute approximate surface area is 181 Å². The number of hydrogen-bond acceptors (Lipinski definition) is 4. The molecule has 0 amide bonds. The van der Waals surface area contributed by atoms with Crippen LogP contribution < -0.4 is 14.8 Å². The van der Waals surface area contributed by atoms with E-state index in [-0.39, 0.29) is 12.4 Å². The van der Waals surface area contributed by atoms with Gasteiger partial charge in [0.1, 0.15) is 6.61 Å². The highest BCUT2D eigenvalue weighted by molar-refractivity contribution is 6.42. The van der Waals surface area contributed by atoms with Gasteiger partial charge >= 0.3 is 0 Å². The molecule has 1 aromatic heterocycles. The van der Waals surface area contributed by atoms with Crippen LogP contribution >= 0.6 is 35.6 Å². The highest BCUT2D eigenvalue weighted by Crippen LogP contribution is 2.29. The van der Waals surface area contributed by atoms with Crippen molar-refractivity contribution in [1.29, 1.82) is 0 Å². The van der Waals surface area contributed by atoms with Crippen molar-refractivity contribution in [3.8, 4) is 11.5 Å². The van der Waals surface area contributed by atoms with Gasteiger partial charge in [0.25, 0.3) is 0 Å². The second kappa shape index (κ2) is 11.1. The molecule has 0 aliphatic carbocycles. The van der Waals surface area contributed by atoms with Crippen molar-refractivity contribution >= 4 is 35.6 Å². The molecular formula is C21H21Cl3N2O2. The lowest BCUT2D eigenvalue weighted by Crippen LogP contribution is -2.12. The molecule has 3 aromatic rings. The Balaban J connectivity index is 0.00000280. The Hall–Kier alpha value is -1.98. The molecule has 2 aromatic carbocycles. The zero-order chi connectivity index (χ0) is 19.1. The van der Waals surface area contributed by atoms with E-state index in [1.165, 1.54) is 5.56 Å². The number of pyridine rings is 1. The average Bonchev–Trinajstić information content (AvgIpc) is 2.70. The lowest BCUT2D eigenvalue weighted by molar-refractivity contribution is 0.284. The molecule has 7 heteroatoms. The van der Waals surface area contributed by atoms with E-state index in [9.17, 15) is 0 Å². The van der Waals surface area contributed by atoms with Crippen LogP contribution in [0.25, 0.3) is 0 Å². The van der Waals surface area contributed by atoms with E-state index in [0.717, 1.165) is 24.2 Å². The number of rotatable bonds is 8. The number of halogens is 3. The summed E-state index contributed by atoms with van der Waals surface area (Å²) in [6.07, 6.45) is 3.58. The highest BCUT2D eigenvalue weighted by atomic mass is 35.5. The number of hydrogen-bond donors (Lipinski definition) is 1. The molecule has 0 bridgehead atoms. The van der Waals surface area contributed by atoms with Gasteiger partial charge in [0, 0.05) is 25.5 Å². The summed E-state index contributed by atoms with van der Waals surface area (Å²) < 4.78 is 11.4. The van der Waals surface area contributed by atoms with Crippen molar-refractivity contribution in [1.82, 2.24) is 10.3 Å². The Morgan fingerprint density at radius 3 is 2.25 bits per heavy atom. The first kappa shape index (κ1) is 22.3. The molecular weight excluding hydrogens is 419 g/mol. The first-order valence-electron chi connectivity index (χ1n) is 8.49. The van der Waals surface area contributed by atoms with Crippen LogP contribution in [-0.2, 0) is 19.7 Å². The van der Waals surface area contributed by atoms with E-state index >= 15 is 0 Å². The molecule has 28 heavy (non-hydrogen) atoms. The molecule has 0 saturated heterocycles. The van der Waals surface area contributed by atoms with E-state index in [0.29, 0.717) is 28.2 Å². The molecule has 0 unspecified atom stereocenters. The van der Waals surface area contributed by atoms with Gasteiger partial charge in [-0.05, 0) is 53.1 Å². The summed E-state index contributed by atoms with van der Waals surface area (Å²) in [5.74, 6) is 1.37. The number of ether oxygens (including phenoxy) is 2. The predicted molar refractivity (Wildman–Crippen MR) is 116 cm³/mol. The number of aromatic nitrogens is 1.